The van der Waals surface area contributed by atoms with Gasteiger partial charge in [-0.05, 0) is 60.2 Å². The van der Waals surface area contributed by atoms with Crippen LogP contribution in [0.4, 0.5) is 0 Å². The van der Waals surface area contributed by atoms with Crippen LogP contribution in [0, 0.1) is 0 Å². The standard InChI is InChI=1S/C27H27BrN2O3/c1-27(29)16-19-7-5-6-18(12-19)10-11-24(21-8-3-2-4-9-21)30-25(31)22-13-20(14-23(28)15-22)17-33-26(27)32/h2-9,12-15,24H,10-11,16-17,29H2,1H3,(H,30,31). The van der Waals surface area contributed by atoms with Gasteiger partial charge in [-0.1, -0.05) is 70.5 Å². The van der Waals surface area contributed by atoms with Crippen molar-refractivity contribution in [2.45, 2.75) is 44.4 Å². The third-order valence-corrected chi connectivity index (χ3v) is 6.31. The molecule has 6 heteroatoms. The van der Waals surface area contributed by atoms with Crippen molar-refractivity contribution < 1.29 is 14.3 Å². The molecule has 1 heterocycles. The van der Waals surface area contributed by atoms with Crippen molar-refractivity contribution in [1.82, 2.24) is 5.32 Å². The number of halogens is 1. The predicted octanol–water partition coefficient (Wildman–Crippen LogP) is 4.87. The minimum Gasteiger partial charge on any atom is -0.459 e. The van der Waals surface area contributed by atoms with E-state index in [-0.39, 0.29) is 18.6 Å². The van der Waals surface area contributed by atoms with E-state index < -0.39 is 11.5 Å². The summed E-state index contributed by atoms with van der Waals surface area (Å²) in [6.07, 6.45) is 1.88. The molecule has 4 rings (SSSR count). The average molecular weight is 507 g/mol. The first-order chi connectivity index (χ1) is 15.8. The SMILES string of the molecule is CC1(N)Cc2cccc(c2)CCC(c2ccccc2)NC(=O)c2cc(Br)cc(c2)COC1=O. The number of hydrogen-bond acceptors (Lipinski definition) is 4. The van der Waals surface area contributed by atoms with Gasteiger partial charge in [-0.25, -0.2) is 0 Å². The Morgan fingerprint density at radius 2 is 1.73 bits per heavy atom. The molecular weight excluding hydrogens is 480 g/mol. The number of benzene rings is 3. The highest BCUT2D eigenvalue weighted by atomic mass is 79.9. The van der Waals surface area contributed by atoms with Crippen LogP contribution < -0.4 is 11.1 Å². The minimum atomic E-state index is -1.16. The number of esters is 1. The van der Waals surface area contributed by atoms with Gasteiger partial charge in [0.1, 0.15) is 12.1 Å². The number of aryl methyl sites for hydroxylation is 1. The van der Waals surface area contributed by atoms with E-state index in [9.17, 15) is 9.59 Å². The van der Waals surface area contributed by atoms with Crippen molar-refractivity contribution in [3.63, 3.8) is 0 Å². The van der Waals surface area contributed by atoms with Crippen LogP contribution >= 0.6 is 15.9 Å². The first-order valence-electron chi connectivity index (χ1n) is 11.0. The minimum absolute atomic E-state index is 0.0352. The Hall–Kier alpha value is -2.96. The number of nitrogens with two attached hydrogens (primary N) is 1. The van der Waals surface area contributed by atoms with Crippen LogP contribution in [0.5, 0.6) is 0 Å². The zero-order valence-electron chi connectivity index (χ0n) is 18.5. The highest BCUT2D eigenvalue weighted by Crippen LogP contribution is 2.24. The first kappa shape index (κ1) is 23.2. The number of fused-ring (bicyclic) bond motifs is 4. The van der Waals surface area contributed by atoms with Gasteiger partial charge in [0.25, 0.3) is 5.91 Å². The lowest BCUT2D eigenvalue weighted by Gasteiger charge is -2.24. The molecule has 2 unspecified atom stereocenters. The highest BCUT2D eigenvalue weighted by molar-refractivity contribution is 9.10. The second-order valence-corrected chi connectivity index (χ2v) is 9.73. The lowest BCUT2D eigenvalue weighted by atomic mass is 9.91. The van der Waals surface area contributed by atoms with Crippen LogP contribution in [0.3, 0.4) is 0 Å². The first-order valence-corrected chi connectivity index (χ1v) is 11.8. The molecular formula is C27H27BrN2O3. The fourth-order valence-corrected chi connectivity index (χ4v) is 4.67. The summed E-state index contributed by atoms with van der Waals surface area (Å²) >= 11 is 3.47. The monoisotopic (exact) mass is 506 g/mol. The van der Waals surface area contributed by atoms with Gasteiger partial charge >= 0.3 is 5.97 Å². The number of carbonyl (C=O) groups excluding carboxylic acids is 2. The van der Waals surface area contributed by atoms with Crippen LogP contribution in [0.15, 0.2) is 77.3 Å². The summed E-state index contributed by atoms with van der Waals surface area (Å²) < 4.78 is 6.27. The average Bonchev–Trinajstić information content (AvgIpc) is 2.79. The molecule has 0 fully saturated rings. The molecule has 3 aromatic carbocycles. The van der Waals surface area contributed by atoms with Gasteiger partial charge in [-0.15, -0.1) is 0 Å². The molecule has 0 radical (unpaired) electrons. The highest BCUT2D eigenvalue weighted by Gasteiger charge is 2.31. The van der Waals surface area contributed by atoms with Gasteiger partial charge < -0.3 is 15.8 Å². The van der Waals surface area contributed by atoms with Crippen molar-refractivity contribution in [2.75, 3.05) is 0 Å². The van der Waals surface area contributed by atoms with E-state index in [1.165, 1.54) is 0 Å². The Morgan fingerprint density at radius 3 is 2.52 bits per heavy atom. The molecule has 1 aliphatic heterocycles. The molecule has 0 spiro atoms. The van der Waals surface area contributed by atoms with E-state index in [1.54, 1.807) is 19.1 Å². The van der Waals surface area contributed by atoms with Crippen LogP contribution in [0.2, 0.25) is 0 Å². The molecule has 1 amide bonds. The summed E-state index contributed by atoms with van der Waals surface area (Å²) in [5.41, 5.74) is 9.57. The number of carbonyl (C=O) groups is 2. The van der Waals surface area contributed by atoms with Crippen LogP contribution in [0.1, 0.15) is 52.0 Å². The quantitative estimate of drug-likeness (QED) is 0.461. The predicted molar refractivity (Wildman–Crippen MR) is 132 cm³/mol. The number of hydrogen-bond donors (Lipinski definition) is 2. The smallest absolute Gasteiger partial charge is 0.326 e. The molecule has 5 nitrogen and oxygen atoms in total. The van der Waals surface area contributed by atoms with Gasteiger partial charge in [-0.2, -0.15) is 0 Å². The van der Waals surface area contributed by atoms with E-state index in [1.807, 2.05) is 48.5 Å². The normalized spacial score (nSPS) is 21.7. The molecule has 0 aromatic heterocycles. The number of ether oxygens (including phenoxy) is 1. The lowest BCUT2D eigenvalue weighted by Crippen LogP contribution is -2.48. The summed E-state index contributed by atoms with van der Waals surface area (Å²) in [6, 6.07) is 23.3. The molecule has 1 aliphatic rings. The maximum atomic E-state index is 13.2. The van der Waals surface area contributed by atoms with Gasteiger partial charge in [-0.3, -0.25) is 9.59 Å². The van der Waals surface area contributed by atoms with E-state index >= 15 is 0 Å². The number of nitrogens with one attached hydrogen (secondary N) is 1. The molecule has 0 aliphatic carbocycles. The van der Waals surface area contributed by atoms with Crippen LogP contribution in [-0.4, -0.2) is 17.4 Å². The molecule has 33 heavy (non-hydrogen) atoms. The summed E-state index contributed by atoms with van der Waals surface area (Å²) in [5.74, 6) is -0.655. The van der Waals surface area contributed by atoms with E-state index in [0.717, 1.165) is 34.0 Å². The Labute approximate surface area is 202 Å². The van der Waals surface area contributed by atoms with Crippen molar-refractivity contribution >= 4 is 27.8 Å². The Balaban J connectivity index is 1.71. The number of rotatable bonds is 1. The summed E-state index contributed by atoms with van der Waals surface area (Å²) in [7, 11) is 0. The fourth-order valence-electron chi connectivity index (χ4n) is 4.13. The maximum absolute atomic E-state index is 13.2. The molecule has 3 aromatic rings. The molecule has 170 valence electrons. The molecule has 0 saturated heterocycles. The fraction of sp³-hybridized carbons (Fsp3) is 0.259. The molecule has 0 saturated carbocycles. The van der Waals surface area contributed by atoms with E-state index in [4.69, 9.17) is 10.5 Å². The van der Waals surface area contributed by atoms with Gasteiger partial charge in [0.2, 0.25) is 0 Å². The summed E-state index contributed by atoms with van der Waals surface area (Å²) in [6.45, 7) is 1.73. The van der Waals surface area contributed by atoms with Crippen LogP contribution in [0.25, 0.3) is 0 Å². The van der Waals surface area contributed by atoms with Gasteiger partial charge in [0.15, 0.2) is 0 Å². The third kappa shape index (κ3) is 5.89. The molecule has 4 bridgehead atoms. The zero-order chi connectivity index (χ0) is 23.4. The zero-order valence-corrected chi connectivity index (χ0v) is 20.1. The third-order valence-electron chi connectivity index (χ3n) is 5.85. The van der Waals surface area contributed by atoms with Gasteiger partial charge in [0.05, 0.1) is 6.04 Å². The van der Waals surface area contributed by atoms with Gasteiger partial charge in [0, 0.05) is 16.5 Å². The van der Waals surface area contributed by atoms with Crippen molar-refractivity contribution in [3.8, 4) is 0 Å². The Bertz CT molecular complexity index is 1160. The van der Waals surface area contributed by atoms with Crippen molar-refractivity contribution in [3.05, 3.63) is 105 Å². The van der Waals surface area contributed by atoms with Crippen LogP contribution in [-0.2, 0) is 29.0 Å². The van der Waals surface area contributed by atoms with Crippen molar-refractivity contribution in [1.29, 1.82) is 0 Å². The lowest BCUT2D eigenvalue weighted by molar-refractivity contribution is -0.150. The second-order valence-electron chi connectivity index (χ2n) is 8.81. The largest absolute Gasteiger partial charge is 0.459 e. The number of cyclic esters (lactones) is 1. The van der Waals surface area contributed by atoms with E-state index in [2.05, 4.69) is 33.4 Å². The van der Waals surface area contributed by atoms with E-state index in [0.29, 0.717) is 17.5 Å². The Kier molecular flexibility index (Phi) is 6.96. The second kappa shape index (κ2) is 9.89. The number of amides is 1. The Morgan fingerprint density at radius 1 is 0.970 bits per heavy atom. The maximum Gasteiger partial charge on any atom is 0.326 e. The van der Waals surface area contributed by atoms with Crippen molar-refractivity contribution in [2.24, 2.45) is 5.73 Å². The molecule has 3 N–H and O–H groups in total. The summed E-state index contributed by atoms with van der Waals surface area (Å²) in [4.78, 5) is 25.9. The summed E-state index contributed by atoms with van der Waals surface area (Å²) in [5, 5.41) is 3.19. The topological polar surface area (TPSA) is 81.4 Å². The molecule has 2 atom stereocenters.